The van der Waals surface area contributed by atoms with E-state index in [1.165, 1.54) is 10.4 Å². The molecule has 0 saturated heterocycles. The van der Waals surface area contributed by atoms with Gasteiger partial charge in [0.2, 0.25) is 0 Å². The molecule has 0 amide bonds. The van der Waals surface area contributed by atoms with E-state index in [-0.39, 0.29) is 6.10 Å². The van der Waals surface area contributed by atoms with E-state index in [9.17, 15) is 0 Å². The summed E-state index contributed by atoms with van der Waals surface area (Å²) in [5.74, 6) is 0.994. The minimum absolute atomic E-state index is 0.0679. The van der Waals surface area contributed by atoms with Crippen LogP contribution in [0.15, 0.2) is 24.3 Å². The lowest BCUT2D eigenvalue weighted by Crippen LogP contribution is -2.02. The molecule has 1 aromatic heterocycles. The van der Waals surface area contributed by atoms with Crippen molar-refractivity contribution < 1.29 is 4.74 Å². The first-order valence-corrected chi connectivity index (χ1v) is 7.56. The van der Waals surface area contributed by atoms with Gasteiger partial charge in [-0.25, -0.2) is 4.98 Å². The van der Waals surface area contributed by atoms with Crippen molar-refractivity contribution in [3.05, 3.63) is 45.4 Å². The van der Waals surface area contributed by atoms with Gasteiger partial charge in [-0.2, -0.15) is 0 Å². The van der Waals surface area contributed by atoms with E-state index in [1.54, 1.807) is 11.3 Å². The Bertz CT molecular complexity index is 554. The number of ether oxygens (including phenoxy) is 1. The molecule has 1 aliphatic heterocycles. The molecular weight excluding hydrogens is 256 g/mol. The van der Waals surface area contributed by atoms with Crippen LogP contribution in [0.1, 0.15) is 40.6 Å². The average Bonchev–Trinajstić information content (AvgIpc) is 3.02. The molecule has 1 aromatic carbocycles. The second-order valence-electron chi connectivity index (χ2n) is 4.79. The number of rotatable bonds is 4. The van der Waals surface area contributed by atoms with E-state index >= 15 is 0 Å². The number of hydrogen-bond acceptors (Lipinski definition) is 4. The van der Waals surface area contributed by atoms with Crippen molar-refractivity contribution in [1.29, 1.82) is 0 Å². The Morgan fingerprint density at radius 1 is 1.42 bits per heavy atom. The first kappa shape index (κ1) is 12.6. The fourth-order valence-corrected chi connectivity index (χ4v) is 3.47. The molecule has 0 fully saturated rings. The maximum Gasteiger partial charge on any atom is 0.154 e. The van der Waals surface area contributed by atoms with Crippen LogP contribution in [0.2, 0.25) is 0 Å². The van der Waals surface area contributed by atoms with Gasteiger partial charge in [-0.15, -0.1) is 11.3 Å². The minimum atomic E-state index is 0.0679. The van der Waals surface area contributed by atoms with Gasteiger partial charge >= 0.3 is 0 Å². The summed E-state index contributed by atoms with van der Waals surface area (Å²) in [6, 6.07) is 8.22. The molecule has 0 spiro atoms. The van der Waals surface area contributed by atoms with E-state index < -0.39 is 0 Å². The summed E-state index contributed by atoms with van der Waals surface area (Å²) in [7, 11) is 0. The molecule has 0 radical (unpaired) electrons. The molecule has 0 saturated carbocycles. The first-order chi connectivity index (χ1) is 9.31. The predicted octanol–water partition coefficient (Wildman–Crippen LogP) is 3.23. The molecule has 2 N–H and O–H groups in total. The Hall–Kier alpha value is -1.39. The molecule has 1 atom stereocenters. The standard InChI is InChI=1S/C15H18N2OS/c1-2-5-11-14(9-16)19-15(17-11)13-8-10-6-3-4-7-12(10)18-13/h3-4,6-7,13H,2,5,8-9,16H2,1H3. The van der Waals surface area contributed by atoms with Gasteiger partial charge in [-0.1, -0.05) is 31.5 Å². The highest BCUT2D eigenvalue weighted by molar-refractivity contribution is 7.11. The molecule has 2 aromatic rings. The highest BCUT2D eigenvalue weighted by Crippen LogP contribution is 2.38. The van der Waals surface area contributed by atoms with Crippen molar-refractivity contribution in [3.8, 4) is 5.75 Å². The van der Waals surface area contributed by atoms with E-state index in [0.29, 0.717) is 6.54 Å². The van der Waals surface area contributed by atoms with Crippen molar-refractivity contribution in [3.63, 3.8) is 0 Å². The number of hydrogen-bond donors (Lipinski definition) is 1. The van der Waals surface area contributed by atoms with Gasteiger partial charge in [0, 0.05) is 17.8 Å². The van der Waals surface area contributed by atoms with Crippen molar-refractivity contribution in [1.82, 2.24) is 4.98 Å². The summed E-state index contributed by atoms with van der Waals surface area (Å²) in [5, 5.41) is 1.07. The zero-order valence-corrected chi connectivity index (χ0v) is 11.9. The molecule has 1 aliphatic rings. The number of nitrogens with zero attached hydrogens (tertiary/aromatic N) is 1. The topological polar surface area (TPSA) is 48.1 Å². The second-order valence-corrected chi connectivity index (χ2v) is 5.91. The number of para-hydroxylation sites is 1. The second kappa shape index (κ2) is 5.31. The van der Waals surface area contributed by atoms with Gasteiger partial charge in [-0.05, 0) is 18.1 Å². The molecular formula is C15H18N2OS. The van der Waals surface area contributed by atoms with E-state index in [0.717, 1.165) is 35.7 Å². The van der Waals surface area contributed by atoms with Gasteiger partial charge in [0.05, 0.1) is 5.69 Å². The average molecular weight is 274 g/mol. The monoisotopic (exact) mass is 274 g/mol. The zero-order valence-electron chi connectivity index (χ0n) is 11.1. The SMILES string of the molecule is CCCc1nc(C2Cc3ccccc3O2)sc1CN. The highest BCUT2D eigenvalue weighted by atomic mass is 32.1. The van der Waals surface area contributed by atoms with Crippen LogP contribution in [0.25, 0.3) is 0 Å². The maximum absolute atomic E-state index is 5.99. The van der Waals surface area contributed by atoms with E-state index in [1.807, 2.05) is 12.1 Å². The van der Waals surface area contributed by atoms with Crippen LogP contribution in [0.4, 0.5) is 0 Å². The molecule has 19 heavy (non-hydrogen) atoms. The van der Waals surface area contributed by atoms with Crippen LogP contribution in [-0.2, 0) is 19.4 Å². The maximum atomic E-state index is 5.99. The summed E-state index contributed by atoms with van der Waals surface area (Å²) in [5.41, 5.74) is 8.24. The molecule has 3 rings (SSSR count). The molecule has 1 unspecified atom stereocenters. The lowest BCUT2D eigenvalue weighted by molar-refractivity contribution is 0.238. The number of benzene rings is 1. The summed E-state index contributed by atoms with van der Waals surface area (Å²) >= 11 is 1.71. The Morgan fingerprint density at radius 3 is 3.00 bits per heavy atom. The van der Waals surface area contributed by atoms with Gasteiger partial charge in [0.25, 0.3) is 0 Å². The Labute approximate surface area is 117 Å². The number of nitrogens with two attached hydrogens (primary N) is 1. The Kier molecular flexibility index (Phi) is 3.53. The predicted molar refractivity (Wildman–Crippen MR) is 77.5 cm³/mol. The lowest BCUT2D eigenvalue weighted by Gasteiger charge is -2.06. The van der Waals surface area contributed by atoms with Crippen LogP contribution in [-0.4, -0.2) is 4.98 Å². The van der Waals surface area contributed by atoms with Crippen LogP contribution >= 0.6 is 11.3 Å². The summed E-state index contributed by atoms with van der Waals surface area (Å²) < 4.78 is 5.99. The van der Waals surface area contributed by atoms with E-state index in [2.05, 4.69) is 19.1 Å². The van der Waals surface area contributed by atoms with Gasteiger partial charge in [-0.3, -0.25) is 0 Å². The molecule has 3 nitrogen and oxygen atoms in total. The third-order valence-corrected chi connectivity index (χ3v) is 4.60. The third-order valence-electron chi connectivity index (χ3n) is 3.39. The third kappa shape index (κ3) is 2.38. The molecule has 0 bridgehead atoms. The first-order valence-electron chi connectivity index (χ1n) is 6.75. The molecule has 2 heterocycles. The van der Waals surface area contributed by atoms with Crippen LogP contribution in [0.5, 0.6) is 5.75 Å². The fraction of sp³-hybridized carbons (Fsp3) is 0.400. The quantitative estimate of drug-likeness (QED) is 0.931. The van der Waals surface area contributed by atoms with Crippen molar-refractivity contribution in [2.45, 2.75) is 38.8 Å². The summed E-state index contributed by atoms with van der Waals surface area (Å²) in [4.78, 5) is 5.95. The largest absolute Gasteiger partial charge is 0.483 e. The molecule has 0 aliphatic carbocycles. The number of aryl methyl sites for hydroxylation is 1. The van der Waals surface area contributed by atoms with Gasteiger partial charge in [0.1, 0.15) is 10.8 Å². The minimum Gasteiger partial charge on any atom is -0.483 e. The Balaban J connectivity index is 1.85. The number of fused-ring (bicyclic) bond motifs is 1. The smallest absolute Gasteiger partial charge is 0.154 e. The highest BCUT2D eigenvalue weighted by Gasteiger charge is 2.27. The van der Waals surface area contributed by atoms with Crippen molar-refractivity contribution in [2.24, 2.45) is 5.73 Å². The fourth-order valence-electron chi connectivity index (χ4n) is 2.45. The van der Waals surface area contributed by atoms with Gasteiger partial charge < -0.3 is 10.5 Å². The summed E-state index contributed by atoms with van der Waals surface area (Å²) in [6.45, 7) is 2.74. The van der Waals surface area contributed by atoms with Crippen LogP contribution in [0, 0.1) is 0 Å². The molecule has 4 heteroatoms. The Morgan fingerprint density at radius 2 is 2.26 bits per heavy atom. The lowest BCUT2D eigenvalue weighted by atomic mass is 10.1. The number of aromatic nitrogens is 1. The number of thiazole rings is 1. The van der Waals surface area contributed by atoms with E-state index in [4.69, 9.17) is 15.5 Å². The van der Waals surface area contributed by atoms with Crippen molar-refractivity contribution in [2.75, 3.05) is 0 Å². The van der Waals surface area contributed by atoms with Crippen LogP contribution < -0.4 is 10.5 Å². The van der Waals surface area contributed by atoms with Gasteiger partial charge in [0.15, 0.2) is 6.10 Å². The van der Waals surface area contributed by atoms with Crippen LogP contribution in [0.3, 0.4) is 0 Å². The zero-order chi connectivity index (χ0) is 13.2. The summed E-state index contributed by atoms with van der Waals surface area (Å²) in [6.07, 6.45) is 3.09. The van der Waals surface area contributed by atoms with Crippen molar-refractivity contribution >= 4 is 11.3 Å². The molecule has 100 valence electrons. The normalized spacial score (nSPS) is 17.3.